The van der Waals surface area contributed by atoms with Crippen molar-refractivity contribution in [3.63, 3.8) is 0 Å². The third-order valence-electron chi connectivity index (χ3n) is 4.19. The predicted octanol–water partition coefficient (Wildman–Crippen LogP) is 2.24. The molecule has 0 radical (unpaired) electrons. The van der Waals surface area contributed by atoms with Gasteiger partial charge in [0.2, 0.25) is 5.91 Å². The van der Waals surface area contributed by atoms with E-state index in [1.54, 1.807) is 19.2 Å². The number of nitrogens with one attached hydrogen (secondary N) is 2. The molecule has 25 heavy (non-hydrogen) atoms. The number of hydrogen-bond donors (Lipinski definition) is 2. The summed E-state index contributed by atoms with van der Waals surface area (Å²) in [6.07, 6.45) is 1.97. The Balaban J connectivity index is 0.00000312. The lowest BCUT2D eigenvalue weighted by molar-refractivity contribution is -0.384. The summed E-state index contributed by atoms with van der Waals surface area (Å²) in [5, 5.41) is 16.9. The Hall–Kier alpha value is -1.35. The molecule has 0 aliphatic carbocycles. The van der Waals surface area contributed by atoms with Gasteiger partial charge in [0.25, 0.3) is 5.69 Å². The third-order valence-corrected chi connectivity index (χ3v) is 5.20. The highest BCUT2D eigenvalue weighted by Crippen LogP contribution is 2.28. The maximum absolute atomic E-state index is 12.1. The highest BCUT2D eigenvalue weighted by atomic mass is 35.5. The Morgan fingerprint density at radius 3 is 2.56 bits per heavy atom. The largest absolute Gasteiger partial charge is 0.384 e. The van der Waals surface area contributed by atoms with Crippen LogP contribution in [0.3, 0.4) is 0 Å². The molecule has 0 aromatic heterocycles. The van der Waals surface area contributed by atoms with Gasteiger partial charge in [-0.2, -0.15) is 0 Å². The minimum Gasteiger partial charge on any atom is -0.384 e. The average molecular weight is 390 g/mol. The Morgan fingerprint density at radius 2 is 2.00 bits per heavy atom. The second kappa shape index (κ2) is 10.6. The van der Waals surface area contributed by atoms with Crippen molar-refractivity contribution >= 4 is 35.8 Å². The molecule has 0 spiro atoms. The Kier molecular flexibility index (Phi) is 9.20. The maximum Gasteiger partial charge on any atom is 0.269 e. The number of nitro groups is 1. The van der Waals surface area contributed by atoms with E-state index in [0.29, 0.717) is 18.9 Å². The minimum absolute atomic E-state index is 0. The molecule has 1 heterocycles. The Morgan fingerprint density at radius 1 is 1.36 bits per heavy atom. The van der Waals surface area contributed by atoms with Gasteiger partial charge in [0, 0.05) is 36.1 Å². The van der Waals surface area contributed by atoms with Gasteiger partial charge in [0.05, 0.1) is 17.3 Å². The topological polar surface area (TPSA) is 93.5 Å². The van der Waals surface area contributed by atoms with Crippen LogP contribution in [0.25, 0.3) is 0 Å². The summed E-state index contributed by atoms with van der Waals surface area (Å²) < 4.78 is 5.34. The quantitative estimate of drug-likeness (QED) is 0.402. The number of halogens is 1. The number of nitrogens with zero attached hydrogens (tertiary/aromatic N) is 1. The van der Waals surface area contributed by atoms with Crippen LogP contribution in [0.5, 0.6) is 0 Å². The Labute approximate surface area is 157 Å². The highest BCUT2D eigenvalue weighted by Gasteiger charge is 2.32. The van der Waals surface area contributed by atoms with Crippen LogP contribution in [0.1, 0.15) is 12.8 Å². The molecule has 0 saturated carbocycles. The van der Waals surface area contributed by atoms with Crippen LogP contribution in [-0.4, -0.2) is 49.9 Å². The van der Waals surface area contributed by atoms with Crippen molar-refractivity contribution in [1.82, 2.24) is 10.6 Å². The van der Waals surface area contributed by atoms with Gasteiger partial charge in [0.1, 0.15) is 0 Å². The molecule has 1 saturated heterocycles. The summed E-state index contributed by atoms with van der Waals surface area (Å²) >= 11 is 1.37. The van der Waals surface area contributed by atoms with Crippen LogP contribution in [0.2, 0.25) is 0 Å². The van der Waals surface area contributed by atoms with Crippen LogP contribution in [0.15, 0.2) is 29.2 Å². The molecule has 1 aliphatic heterocycles. The van der Waals surface area contributed by atoms with Gasteiger partial charge < -0.3 is 15.4 Å². The summed E-state index contributed by atoms with van der Waals surface area (Å²) in [6, 6.07) is 6.22. The fourth-order valence-corrected chi connectivity index (χ4v) is 3.51. The number of hydrogen-bond acceptors (Lipinski definition) is 6. The van der Waals surface area contributed by atoms with Gasteiger partial charge in [0.15, 0.2) is 0 Å². The highest BCUT2D eigenvalue weighted by molar-refractivity contribution is 8.00. The summed E-state index contributed by atoms with van der Waals surface area (Å²) in [5.74, 6) is 0.256. The number of carbonyl (C=O) groups is 1. The van der Waals surface area contributed by atoms with E-state index < -0.39 is 4.92 Å². The van der Waals surface area contributed by atoms with Crippen molar-refractivity contribution in [1.29, 1.82) is 0 Å². The van der Waals surface area contributed by atoms with Gasteiger partial charge in [-0.1, -0.05) is 0 Å². The lowest BCUT2D eigenvalue weighted by Crippen LogP contribution is -2.47. The number of non-ortho nitro benzene ring substituents is 1. The third kappa shape index (κ3) is 6.81. The van der Waals surface area contributed by atoms with Crippen LogP contribution < -0.4 is 10.6 Å². The van der Waals surface area contributed by atoms with E-state index in [0.717, 1.165) is 30.8 Å². The predicted molar refractivity (Wildman–Crippen MR) is 100 cm³/mol. The minimum atomic E-state index is -0.435. The molecule has 2 rings (SSSR count). The lowest BCUT2D eigenvalue weighted by atomic mass is 9.79. The van der Waals surface area contributed by atoms with Gasteiger partial charge in [-0.05, 0) is 38.1 Å². The number of benzene rings is 1. The maximum atomic E-state index is 12.1. The zero-order valence-electron chi connectivity index (χ0n) is 14.2. The van der Waals surface area contributed by atoms with Gasteiger partial charge in [-0.25, -0.2) is 0 Å². The van der Waals surface area contributed by atoms with Crippen LogP contribution in [-0.2, 0) is 9.53 Å². The van der Waals surface area contributed by atoms with E-state index in [4.69, 9.17) is 4.74 Å². The van der Waals surface area contributed by atoms with E-state index >= 15 is 0 Å². The molecule has 1 aromatic carbocycles. The molecule has 1 aromatic rings. The number of methoxy groups -OCH3 is 1. The normalized spacial score (nSPS) is 15.9. The molecule has 9 heteroatoms. The second-order valence-corrected chi connectivity index (χ2v) is 7.05. The smallest absolute Gasteiger partial charge is 0.269 e. The Bertz CT molecular complexity index is 559. The number of nitro benzene ring substituents is 1. The van der Waals surface area contributed by atoms with E-state index in [-0.39, 0.29) is 29.4 Å². The van der Waals surface area contributed by atoms with Crippen LogP contribution in [0.4, 0.5) is 5.69 Å². The number of rotatable bonds is 8. The van der Waals surface area contributed by atoms with E-state index in [1.165, 1.54) is 23.9 Å². The molecule has 2 N–H and O–H groups in total. The average Bonchev–Trinajstić information content (AvgIpc) is 2.60. The molecule has 0 atom stereocenters. The number of ether oxygens (including phenoxy) is 1. The lowest BCUT2D eigenvalue weighted by Gasteiger charge is -2.37. The van der Waals surface area contributed by atoms with E-state index in [2.05, 4.69) is 10.6 Å². The van der Waals surface area contributed by atoms with Crippen molar-refractivity contribution in [2.75, 3.05) is 39.1 Å². The van der Waals surface area contributed by atoms with E-state index in [9.17, 15) is 14.9 Å². The van der Waals surface area contributed by atoms with Crippen molar-refractivity contribution in [2.24, 2.45) is 5.41 Å². The first-order chi connectivity index (χ1) is 11.5. The van der Waals surface area contributed by atoms with Crippen molar-refractivity contribution in [3.05, 3.63) is 34.4 Å². The van der Waals surface area contributed by atoms with Crippen LogP contribution >= 0.6 is 24.2 Å². The molecule has 0 unspecified atom stereocenters. The molecular formula is C16H24ClN3O4S. The number of carbonyl (C=O) groups excluding carboxylic acids is 1. The van der Waals surface area contributed by atoms with Gasteiger partial charge in [-0.3, -0.25) is 14.9 Å². The molecular weight excluding hydrogens is 366 g/mol. The van der Waals surface area contributed by atoms with E-state index in [1.807, 2.05) is 0 Å². The SMILES string of the molecule is COCC1(CNC(=O)CSc2ccc([N+](=O)[O-])cc2)CCNCC1.Cl. The number of amides is 1. The molecule has 1 amide bonds. The fourth-order valence-electron chi connectivity index (χ4n) is 2.79. The first-order valence-electron chi connectivity index (χ1n) is 7.88. The van der Waals surface area contributed by atoms with Crippen molar-refractivity contribution in [3.8, 4) is 0 Å². The first kappa shape index (κ1) is 21.7. The number of piperidine rings is 1. The molecule has 1 fully saturated rings. The summed E-state index contributed by atoms with van der Waals surface area (Å²) in [7, 11) is 1.69. The summed E-state index contributed by atoms with van der Waals surface area (Å²) in [5.41, 5.74) is 0.0597. The summed E-state index contributed by atoms with van der Waals surface area (Å²) in [4.78, 5) is 23.1. The first-order valence-corrected chi connectivity index (χ1v) is 8.87. The zero-order chi connectivity index (χ0) is 17.4. The standard InChI is InChI=1S/C16H23N3O4S.ClH/c1-23-12-16(6-8-17-9-7-16)11-18-15(20)10-24-14-4-2-13(3-5-14)19(21)22;/h2-5,17H,6-12H2,1H3,(H,18,20);1H. The second-order valence-electron chi connectivity index (χ2n) is 6.00. The molecule has 140 valence electrons. The fraction of sp³-hybridized carbons (Fsp3) is 0.562. The molecule has 0 bridgehead atoms. The van der Waals surface area contributed by atoms with Crippen molar-refractivity contribution < 1.29 is 14.5 Å². The molecule has 7 nitrogen and oxygen atoms in total. The van der Waals surface area contributed by atoms with Gasteiger partial charge in [-0.15, -0.1) is 24.2 Å². The summed E-state index contributed by atoms with van der Waals surface area (Å²) in [6.45, 7) is 3.14. The number of thioether (sulfide) groups is 1. The monoisotopic (exact) mass is 389 g/mol. The van der Waals surface area contributed by atoms with Gasteiger partial charge >= 0.3 is 0 Å². The molecule has 1 aliphatic rings. The zero-order valence-corrected chi connectivity index (χ0v) is 15.8. The van der Waals surface area contributed by atoms with Crippen LogP contribution in [0, 0.1) is 15.5 Å². The van der Waals surface area contributed by atoms with Crippen molar-refractivity contribution in [2.45, 2.75) is 17.7 Å².